The van der Waals surface area contributed by atoms with Crippen molar-refractivity contribution in [3.63, 3.8) is 0 Å². The molecule has 8 aliphatic rings. The summed E-state index contributed by atoms with van der Waals surface area (Å²) < 4.78 is 75.2. The van der Waals surface area contributed by atoms with Crippen LogP contribution in [-0.4, -0.2) is 114 Å². The fourth-order valence-electron chi connectivity index (χ4n) is 18.0. The molecular weight excluding hydrogens is 995 g/mol. The first kappa shape index (κ1) is 61.6. The molecule has 0 amide bonds. The van der Waals surface area contributed by atoms with Crippen molar-refractivity contribution in [2.45, 2.75) is 232 Å². The van der Waals surface area contributed by atoms with Gasteiger partial charge in [-0.1, -0.05) is 41.5 Å². The van der Waals surface area contributed by atoms with Crippen molar-refractivity contribution in [3.05, 3.63) is 0 Å². The Morgan fingerprint density at radius 1 is 0.547 bits per heavy atom. The molecular formula is C56H88F6O13. The van der Waals surface area contributed by atoms with Crippen LogP contribution in [0.3, 0.4) is 0 Å². The molecule has 75 heavy (non-hydrogen) atoms. The first-order valence-electron chi connectivity index (χ1n) is 27.8. The van der Waals surface area contributed by atoms with Crippen molar-refractivity contribution in [2.75, 3.05) is 0 Å². The number of carboxylic acid groups (broad SMARTS) is 1. The predicted molar refractivity (Wildman–Crippen MR) is 261 cm³/mol. The van der Waals surface area contributed by atoms with Gasteiger partial charge < -0.3 is 45.2 Å². The van der Waals surface area contributed by atoms with Gasteiger partial charge in [-0.25, -0.2) is 9.59 Å². The van der Waals surface area contributed by atoms with E-state index in [1.807, 2.05) is 20.8 Å². The summed E-state index contributed by atoms with van der Waals surface area (Å²) in [4.78, 5) is 42.7. The maximum atomic E-state index is 12.3. The van der Waals surface area contributed by atoms with Gasteiger partial charge in [-0.2, -0.15) is 26.3 Å². The van der Waals surface area contributed by atoms with E-state index in [0.717, 1.165) is 96.3 Å². The third kappa shape index (κ3) is 12.4. The second-order valence-electron chi connectivity index (χ2n) is 26.7. The number of rotatable bonds is 8. The topological polar surface area (TPSA) is 228 Å². The Balaban J connectivity index is 0.000000200. The Bertz CT molecular complexity index is 2010. The number of esters is 3. The van der Waals surface area contributed by atoms with Crippen molar-refractivity contribution in [1.82, 2.24) is 0 Å². The highest BCUT2D eigenvalue weighted by molar-refractivity contribution is 5.90. The summed E-state index contributed by atoms with van der Waals surface area (Å²) in [5.41, 5.74) is -0.714. The molecule has 19 heteroatoms. The van der Waals surface area contributed by atoms with Crippen LogP contribution in [0.1, 0.15) is 178 Å². The van der Waals surface area contributed by atoms with Crippen LogP contribution in [0.25, 0.3) is 0 Å². The van der Waals surface area contributed by atoms with E-state index in [9.17, 15) is 76.2 Å². The Morgan fingerprint density at radius 2 is 0.920 bits per heavy atom. The molecule has 8 fully saturated rings. The molecule has 0 saturated heterocycles. The van der Waals surface area contributed by atoms with Crippen molar-refractivity contribution < 1.29 is 90.7 Å². The number of hydrogen-bond donors (Lipinski definition) is 7. The summed E-state index contributed by atoms with van der Waals surface area (Å²) in [7, 11) is 0. The molecule has 7 N–H and O–H groups in total. The van der Waals surface area contributed by atoms with Crippen molar-refractivity contribution in [3.8, 4) is 0 Å². The van der Waals surface area contributed by atoms with Gasteiger partial charge in [0.15, 0.2) is 0 Å². The molecule has 8 saturated carbocycles. The van der Waals surface area contributed by atoms with E-state index in [-0.39, 0.29) is 82.3 Å². The van der Waals surface area contributed by atoms with E-state index in [1.165, 1.54) is 0 Å². The number of carbonyl (C=O) groups is 4. The van der Waals surface area contributed by atoms with Crippen LogP contribution < -0.4 is 0 Å². The molecule has 8 rings (SSSR count). The Hall–Kier alpha value is -2.58. The third-order valence-corrected chi connectivity index (χ3v) is 21.7. The Morgan fingerprint density at radius 3 is 1.27 bits per heavy atom. The number of carboxylic acids is 1. The van der Waals surface area contributed by atoms with Gasteiger partial charge in [-0.3, -0.25) is 9.59 Å². The zero-order valence-corrected chi connectivity index (χ0v) is 45.5. The molecule has 22 atom stereocenters. The molecule has 0 spiro atoms. The zero-order valence-electron chi connectivity index (χ0n) is 45.5. The van der Waals surface area contributed by atoms with Crippen molar-refractivity contribution in [2.24, 2.45) is 92.7 Å². The average Bonchev–Trinajstić information content (AvgIpc) is 3.84. The van der Waals surface area contributed by atoms with Gasteiger partial charge >= 0.3 is 36.2 Å². The van der Waals surface area contributed by atoms with Gasteiger partial charge in [0.1, 0.15) is 5.60 Å². The van der Waals surface area contributed by atoms with Gasteiger partial charge in [0.2, 0.25) is 0 Å². The molecule has 0 bridgehead atoms. The fourth-order valence-corrected chi connectivity index (χ4v) is 18.0. The number of aliphatic carboxylic acids is 1. The first-order chi connectivity index (χ1) is 34.4. The number of halogens is 6. The smallest absolute Gasteiger partial charge is 0.481 e. The monoisotopic (exact) mass is 1080 g/mol. The number of hydrogen-bond acceptors (Lipinski definition) is 12. The van der Waals surface area contributed by atoms with Crippen LogP contribution in [0.2, 0.25) is 0 Å². The summed E-state index contributed by atoms with van der Waals surface area (Å²) in [5, 5.41) is 75.3. The molecule has 0 aromatic rings. The second kappa shape index (κ2) is 22.5. The number of carbonyl (C=O) groups excluding carboxylic acids is 3. The van der Waals surface area contributed by atoms with Crippen LogP contribution in [0, 0.1) is 92.7 Å². The van der Waals surface area contributed by atoms with Crippen LogP contribution in [0.5, 0.6) is 0 Å². The maximum Gasteiger partial charge on any atom is 0.491 e. The highest BCUT2D eigenvalue weighted by Crippen LogP contribution is 2.70. The highest BCUT2D eigenvalue weighted by Gasteiger charge is 2.67. The van der Waals surface area contributed by atoms with E-state index in [4.69, 9.17) is 9.84 Å². The highest BCUT2D eigenvalue weighted by atomic mass is 19.4. The lowest BCUT2D eigenvalue weighted by atomic mass is 9.43. The molecule has 0 heterocycles. The number of alkyl halides is 6. The molecule has 13 nitrogen and oxygen atoms in total. The Kier molecular flexibility index (Phi) is 18.5. The summed E-state index contributed by atoms with van der Waals surface area (Å²) >= 11 is 0. The van der Waals surface area contributed by atoms with Crippen LogP contribution >= 0.6 is 0 Å². The van der Waals surface area contributed by atoms with Crippen LogP contribution in [0.4, 0.5) is 26.3 Å². The molecule has 0 aliphatic heterocycles. The second-order valence-corrected chi connectivity index (χ2v) is 26.7. The first-order valence-corrected chi connectivity index (χ1v) is 27.8. The summed E-state index contributed by atoms with van der Waals surface area (Å²) in [5.74, 6) is -3.64. The molecule has 0 aromatic carbocycles. The average molecular weight is 1080 g/mol. The maximum absolute atomic E-state index is 12.3. The number of ether oxygens (including phenoxy) is 2. The number of fused-ring (bicyclic) bond motifs is 10. The predicted octanol–water partition coefficient (Wildman–Crippen LogP) is 9.34. The number of aliphatic hydroxyl groups excluding tert-OH is 6. The lowest BCUT2D eigenvalue weighted by Crippen LogP contribution is -2.62. The van der Waals surface area contributed by atoms with E-state index in [0.29, 0.717) is 66.1 Å². The lowest BCUT2D eigenvalue weighted by molar-refractivity contribution is -0.221. The SMILES string of the molecule is C[C@H](CCC(=O)O)[C@H]1CC[C@H]2[C@@H]3[C@H](O)C[C@@H]4C[C@H](O)CC[C@]4(C)[C@H]3C[C@H](O)[C@]12C.C[C@H](CCC(=O)OC(C)(C)C)[C@H]1CC[C@H]2[C@@H]3[C@H](O)C[C@@H]4C[C@H](O)CC[C@]4(C)[C@H]3C[C@H](O)[C@]12C.O=C(OC(=O)C(F)(F)F)C(F)(F)F. The standard InChI is InChI=1S/C28H48O5.C24H40O5.C4F6O3/c1-16(7-10-24(32)33-26(2,3)4)19-8-9-20-25-21(15-23(31)28(19,20)6)27(5)12-11-18(29)13-17(27)14-22(25)30;1-13(4-7-21(28)29)16-5-6-17-22-18(12-20(27)24(16,17)3)23(2)9-8-15(25)10-14(23)11-19(22)26;5-3(6,7)1(11)13-2(12)4(8,9)10/h16-23,25,29-31H,7-15H2,1-6H3;13-20,22,25-27H,4-12H2,1-3H3,(H,28,29);/t16-,17+,18-,19-,20+,21+,22-,23+,25+,27+,28-;13-,14+,15-,16-,17+,18+,19-,20+,22+,23+,24-;/m11./s1. The van der Waals surface area contributed by atoms with Crippen molar-refractivity contribution >= 4 is 23.9 Å². The van der Waals surface area contributed by atoms with Gasteiger partial charge in [0.25, 0.3) is 0 Å². The van der Waals surface area contributed by atoms with E-state index < -0.39 is 42.0 Å². The minimum atomic E-state index is -5.62. The normalized spacial score (nSPS) is 43.9. The molecule has 0 aromatic heterocycles. The van der Waals surface area contributed by atoms with Crippen molar-refractivity contribution in [1.29, 1.82) is 0 Å². The third-order valence-electron chi connectivity index (χ3n) is 21.7. The largest absolute Gasteiger partial charge is 0.491 e. The van der Waals surface area contributed by atoms with Gasteiger partial charge in [-0.15, -0.1) is 0 Å². The zero-order chi connectivity index (χ0) is 56.3. The van der Waals surface area contributed by atoms with E-state index in [2.05, 4.69) is 46.3 Å². The van der Waals surface area contributed by atoms with Gasteiger partial charge in [0.05, 0.1) is 36.6 Å². The minimum absolute atomic E-state index is 0.0957. The van der Waals surface area contributed by atoms with Crippen LogP contribution in [-0.2, 0) is 28.7 Å². The molecule has 0 unspecified atom stereocenters. The van der Waals surface area contributed by atoms with E-state index >= 15 is 0 Å². The summed E-state index contributed by atoms with van der Waals surface area (Å²) in [6.07, 6.45) is 1.27. The van der Waals surface area contributed by atoms with Gasteiger partial charge in [-0.05, 0) is 216 Å². The summed E-state index contributed by atoms with van der Waals surface area (Å²) in [6.45, 7) is 19.3. The summed E-state index contributed by atoms with van der Waals surface area (Å²) in [6, 6.07) is 0. The molecule has 8 aliphatic carbocycles. The molecule has 0 radical (unpaired) electrons. The Labute approximate surface area is 438 Å². The van der Waals surface area contributed by atoms with Gasteiger partial charge in [0, 0.05) is 12.8 Å². The number of aliphatic hydroxyl groups is 6. The van der Waals surface area contributed by atoms with E-state index in [1.54, 1.807) is 0 Å². The molecule has 432 valence electrons. The minimum Gasteiger partial charge on any atom is -0.481 e. The lowest BCUT2D eigenvalue weighted by Gasteiger charge is -2.63. The fraction of sp³-hybridized carbons (Fsp3) is 0.929. The van der Waals surface area contributed by atoms with Crippen LogP contribution in [0.15, 0.2) is 0 Å². The quantitative estimate of drug-likeness (QED) is 0.0684.